The summed E-state index contributed by atoms with van der Waals surface area (Å²) in [4.78, 5) is 21.0. The van der Waals surface area contributed by atoms with Crippen LogP contribution in [-0.2, 0) is 0 Å². The molecule has 0 aliphatic rings. The van der Waals surface area contributed by atoms with Gasteiger partial charge >= 0.3 is 0 Å². The van der Waals surface area contributed by atoms with Crippen LogP contribution in [0.25, 0.3) is 22.7 Å². The maximum absolute atomic E-state index is 12.4. The Labute approximate surface area is 180 Å². The van der Waals surface area contributed by atoms with Gasteiger partial charge in [-0.05, 0) is 77.0 Å². The van der Waals surface area contributed by atoms with E-state index in [0.29, 0.717) is 27.2 Å². The van der Waals surface area contributed by atoms with E-state index in [1.807, 2.05) is 37.3 Å². The minimum Gasteiger partial charge on any atom is -0.434 e. The molecule has 144 valence electrons. The van der Waals surface area contributed by atoms with E-state index in [2.05, 4.69) is 36.5 Å². The molecule has 8 heteroatoms. The van der Waals surface area contributed by atoms with E-state index < -0.39 is 0 Å². The summed E-state index contributed by atoms with van der Waals surface area (Å²) in [6.45, 7) is 1.94. The maximum atomic E-state index is 12.4. The molecule has 0 aliphatic heterocycles. The molecule has 0 saturated carbocycles. The van der Waals surface area contributed by atoms with Crippen molar-refractivity contribution in [1.82, 2.24) is 15.3 Å². The van der Waals surface area contributed by atoms with Crippen molar-refractivity contribution in [3.63, 3.8) is 0 Å². The molecule has 4 aromatic rings. The van der Waals surface area contributed by atoms with Crippen LogP contribution in [0, 0.1) is 6.92 Å². The monoisotopic (exact) mass is 466 g/mol. The second kappa shape index (κ2) is 8.10. The van der Waals surface area contributed by atoms with Gasteiger partial charge in [0.15, 0.2) is 16.3 Å². The predicted molar refractivity (Wildman–Crippen MR) is 120 cm³/mol. The second-order valence-corrected chi connectivity index (χ2v) is 7.52. The highest BCUT2D eigenvalue weighted by atomic mass is 79.9. The molecule has 2 aromatic carbocycles. The minimum absolute atomic E-state index is 0.199. The lowest BCUT2D eigenvalue weighted by atomic mass is 10.1. The number of hydrogen-bond acceptors (Lipinski definition) is 5. The smallest absolute Gasteiger partial charge is 0.258 e. The van der Waals surface area contributed by atoms with Gasteiger partial charge in [-0.1, -0.05) is 18.2 Å². The fourth-order valence-electron chi connectivity index (χ4n) is 2.75. The zero-order chi connectivity index (χ0) is 20.4. The first-order chi connectivity index (χ1) is 14.0. The average molecular weight is 467 g/mol. The average Bonchev–Trinajstić information content (AvgIpc) is 3.14. The number of oxazole rings is 1. The molecule has 1 amide bonds. The quantitative estimate of drug-likeness (QED) is 0.409. The number of halogens is 1. The summed E-state index contributed by atoms with van der Waals surface area (Å²) >= 11 is 8.69. The van der Waals surface area contributed by atoms with E-state index >= 15 is 0 Å². The summed E-state index contributed by atoms with van der Waals surface area (Å²) in [6.07, 6.45) is 1.67. The van der Waals surface area contributed by atoms with Crippen LogP contribution in [0.3, 0.4) is 0 Å². The van der Waals surface area contributed by atoms with Crippen molar-refractivity contribution in [1.29, 1.82) is 0 Å². The summed E-state index contributed by atoms with van der Waals surface area (Å²) in [5, 5.41) is 5.97. The number of anilines is 1. The fourth-order valence-corrected chi connectivity index (χ4v) is 3.42. The highest BCUT2D eigenvalue weighted by molar-refractivity contribution is 9.10. The Hall–Kier alpha value is -3.10. The predicted octanol–water partition coefficient (Wildman–Crippen LogP) is 5.09. The molecule has 0 bridgehead atoms. The molecule has 0 fully saturated rings. The summed E-state index contributed by atoms with van der Waals surface area (Å²) in [7, 11) is 0. The third-order valence-electron chi connectivity index (χ3n) is 4.24. The van der Waals surface area contributed by atoms with Crippen LogP contribution < -0.4 is 10.6 Å². The number of nitrogens with zero attached hydrogens (tertiary/aromatic N) is 2. The molecule has 2 N–H and O–H groups in total. The molecule has 2 heterocycles. The lowest BCUT2D eigenvalue weighted by molar-refractivity contribution is 0.0977. The van der Waals surface area contributed by atoms with Gasteiger partial charge in [0.2, 0.25) is 5.89 Å². The number of benzene rings is 2. The molecule has 4 rings (SSSR count). The van der Waals surface area contributed by atoms with E-state index in [4.69, 9.17) is 16.6 Å². The topological polar surface area (TPSA) is 80.1 Å². The molecule has 6 nitrogen and oxygen atoms in total. The third-order valence-corrected chi connectivity index (χ3v) is 5.14. The van der Waals surface area contributed by atoms with Crippen molar-refractivity contribution in [2.24, 2.45) is 0 Å². The molecular weight excluding hydrogens is 452 g/mol. The Balaban J connectivity index is 1.54. The van der Waals surface area contributed by atoms with Crippen LogP contribution in [0.15, 0.2) is 69.7 Å². The van der Waals surface area contributed by atoms with E-state index in [9.17, 15) is 4.79 Å². The summed E-state index contributed by atoms with van der Waals surface area (Å²) < 4.78 is 6.48. The summed E-state index contributed by atoms with van der Waals surface area (Å²) in [6, 6.07) is 16.5. The molecule has 0 unspecified atom stereocenters. The van der Waals surface area contributed by atoms with Gasteiger partial charge in [0.05, 0.1) is 5.56 Å². The number of thiocarbonyl (C=S) groups is 1. The molecule has 0 atom stereocenters. The van der Waals surface area contributed by atoms with Gasteiger partial charge in [0.1, 0.15) is 0 Å². The molecular formula is C21H15BrN4O2S. The van der Waals surface area contributed by atoms with Gasteiger partial charge in [-0.2, -0.15) is 4.98 Å². The number of rotatable bonds is 3. The van der Waals surface area contributed by atoms with Crippen molar-refractivity contribution in [3.8, 4) is 11.5 Å². The lowest BCUT2D eigenvalue weighted by Crippen LogP contribution is -2.34. The Morgan fingerprint density at radius 1 is 1.14 bits per heavy atom. The van der Waals surface area contributed by atoms with Crippen LogP contribution >= 0.6 is 28.1 Å². The van der Waals surface area contributed by atoms with E-state index in [1.165, 1.54) is 0 Å². The van der Waals surface area contributed by atoms with Crippen LogP contribution in [0.4, 0.5) is 5.69 Å². The molecule has 29 heavy (non-hydrogen) atoms. The highest BCUT2D eigenvalue weighted by Gasteiger charge is 2.13. The van der Waals surface area contributed by atoms with E-state index in [-0.39, 0.29) is 11.0 Å². The zero-order valence-corrected chi connectivity index (χ0v) is 17.7. The number of amides is 1. The SMILES string of the molecule is Cc1ccc(-c2nc3ncccc3o2)cc1NC(=S)NC(=O)c1ccccc1Br. The first-order valence-electron chi connectivity index (χ1n) is 8.71. The van der Waals surface area contributed by atoms with Crippen LogP contribution in [0.2, 0.25) is 0 Å². The Kier molecular flexibility index (Phi) is 5.37. The van der Waals surface area contributed by atoms with Crippen molar-refractivity contribution in [3.05, 3.63) is 76.4 Å². The maximum Gasteiger partial charge on any atom is 0.258 e. The van der Waals surface area contributed by atoms with Crippen LogP contribution in [0.1, 0.15) is 15.9 Å². The largest absolute Gasteiger partial charge is 0.434 e. The van der Waals surface area contributed by atoms with Gasteiger partial charge in [-0.3, -0.25) is 10.1 Å². The molecule has 2 aromatic heterocycles. The Morgan fingerprint density at radius 3 is 2.76 bits per heavy atom. The number of aryl methyl sites for hydroxylation is 1. The number of carbonyl (C=O) groups is 1. The van der Waals surface area contributed by atoms with E-state index in [0.717, 1.165) is 16.8 Å². The molecule has 0 spiro atoms. The number of nitrogens with one attached hydrogen (secondary N) is 2. The number of aromatic nitrogens is 2. The van der Waals surface area contributed by atoms with Gasteiger partial charge in [-0.15, -0.1) is 0 Å². The fraction of sp³-hybridized carbons (Fsp3) is 0.0476. The lowest BCUT2D eigenvalue weighted by Gasteiger charge is -2.13. The van der Waals surface area contributed by atoms with Gasteiger partial charge in [0, 0.05) is 21.9 Å². The molecule has 0 radical (unpaired) electrons. The Bertz CT molecular complexity index is 1210. The normalized spacial score (nSPS) is 10.7. The third kappa shape index (κ3) is 4.18. The first-order valence-corrected chi connectivity index (χ1v) is 9.91. The number of hydrogen-bond donors (Lipinski definition) is 2. The summed E-state index contributed by atoms with van der Waals surface area (Å²) in [5.41, 5.74) is 4.15. The number of carbonyl (C=O) groups excluding carboxylic acids is 1. The zero-order valence-electron chi connectivity index (χ0n) is 15.3. The number of pyridine rings is 1. The molecule has 0 saturated heterocycles. The van der Waals surface area contributed by atoms with Crippen molar-refractivity contribution >= 4 is 56.1 Å². The number of fused-ring (bicyclic) bond motifs is 1. The van der Waals surface area contributed by atoms with Crippen LogP contribution in [0.5, 0.6) is 0 Å². The summed E-state index contributed by atoms with van der Waals surface area (Å²) in [5.74, 6) is 0.165. The Morgan fingerprint density at radius 2 is 1.97 bits per heavy atom. The first kappa shape index (κ1) is 19.2. The minimum atomic E-state index is -0.297. The highest BCUT2D eigenvalue weighted by Crippen LogP contribution is 2.27. The molecule has 0 aliphatic carbocycles. The van der Waals surface area contributed by atoms with Gasteiger partial charge in [-0.25, -0.2) is 4.98 Å². The second-order valence-electron chi connectivity index (χ2n) is 6.26. The van der Waals surface area contributed by atoms with Crippen LogP contribution in [-0.4, -0.2) is 21.0 Å². The standard InChI is InChI=1S/C21H15BrN4O2S/c1-12-8-9-13(20-25-18-17(28-20)7-4-10-23-18)11-16(12)24-21(29)26-19(27)14-5-2-3-6-15(14)22/h2-11H,1H3,(H2,24,26,27,29). The van der Waals surface area contributed by atoms with Crippen molar-refractivity contribution in [2.45, 2.75) is 6.92 Å². The van der Waals surface area contributed by atoms with Crippen molar-refractivity contribution in [2.75, 3.05) is 5.32 Å². The van der Waals surface area contributed by atoms with Gasteiger partial charge < -0.3 is 9.73 Å². The van der Waals surface area contributed by atoms with Crippen molar-refractivity contribution < 1.29 is 9.21 Å². The van der Waals surface area contributed by atoms with Gasteiger partial charge in [0.25, 0.3) is 5.91 Å². The van der Waals surface area contributed by atoms with E-state index in [1.54, 1.807) is 30.5 Å².